The molecule has 112 valence electrons. The number of aliphatic carboxylic acids is 1. The van der Waals surface area contributed by atoms with Gasteiger partial charge in [-0.05, 0) is 6.92 Å². The first kappa shape index (κ1) is 14.6. The molecule has 0 aliphatic carbocycles. The predicted octanol–water partition coefficient (Wildman–Crippen LogP) is 0.189. The molecular weight excluding hydrogens is 276 g/mol. The number of carboxylic acids is 1. The molecule has 2 heterocycles. The molecule has 1 unspecified atom stereocenters. The molecule has 0 saturated heterocycles. The van der Waals surface area contributed by atoms with E-state index in [0.717, 1.165) is 5.56 Å². The molecule has 0 aromatic carbocycles. The maximum Gasteiger partial charge on any atom is 0.326 e. The van der Waals surface area contributed by atoms with Crippen LogP contribution in [-0.2, 0) is 11.2 Å². The average Bonchev–Trinajstić information content (AvgIpc) is 3.10. The summed E-state index contributed by atoms with van der Waals surface area (Å²) in [7, 11) is 0. The molecule has 0 saturated carbocycles. The minimum Gasteiger partial charge on any atom is -0.480 e. The van der Waals surface area contributed by atoms with Gasteiger partial charge in [0.05, 0.1) is 18.6 Å². The van der Waals surface area contributed by atoms with Crippen LogP contribution < -0.4 is 10.6 Å². The number of urea groups is 1. The van der Waals surface area contributed by atoms with E-state index in [4.69, 9.17) is 5.11 Å². The molecule has 21 heavy (non-hydrogen) atoms. The lowest BCUT2D eigenvalue weighted by Gasteiger charge is -2.17. The van der Waals surface area contributed by atoms with Gasteiger partial charge in [-0.1, -0.05) is 0 Å². The normalized spacial score (nSPS) is 13.4. The number of rotatable bonds is 6. The van der Waals surface area contributed by atoms with Crippen molar-refractivity contribution in [2.75, 3.05) is 0 Å². The summed E-state index contributed by atoms with van der Waals surface area (Å²) in [6, 6.07) is -1.89. The van der Waals surface area contributed by atoms with Crippen molar-refractivity contribution < 1.29 is 14.7 Å². The van der Waals surface area contributed by atoms with Crippen LogP contribution in [0.1, 0.15) is 24.2 Å². The van der Waals surface area contributed by atoms with Crippen LogP contribution >= 0.6 is 0 Å². The summed E-state index contributed by atoms with van der Waals surface area (Å²) < 4.78 is 0. The second-order valence-electron chi connectivity index (χ2n) is 4.54. The van der Waals surface area contributed by atoms with E-state index < -0.39 is 18.0 Å². The van der Waals surface area contributed by atoms with Gasteiger partial charge in [-0.3, -0.25) is 5.10 Å². The van der Waals surface area contributed by atoms with Gasteiger partial charge in [0.2, 0.25) is 0 Å². The molecule has 0 aliphatic heterocycles. The van der Waals surface area contributed by atoms with Gasteiger partial charge in [0.25, 0.3) is 0 Å². The highest BCUT2D eigenvalue weighted by Crippen LogP contribution is 2.08. The predicted molar refractivity (Wildman–Crippen MR) is 72.4 cm³/mol. The van der Waals surface area contributed by atoms with E-state index in [1.807, 2.05) is 0 Å². The maximum atomic E-state index is 11.9. The van der Waals surface area contributed by atoms with Gasteiger partial charge in [-0.2, -0.15) is 5.10 Å². The quantitative estimate of drug-likeness (QED) is 0.517. The molecule has 5 N–H and O–H groups in total. The Labute approximate surface area is 120 Å². The number of aromatic nitrogens is 4. The fourth-order valence-corrected chi connectivity index (χ4v) is 1.79. The van der Waals surface area contributed by atoms with Crippen molar-refractivity contribution in [3.63, 3.8) is 0 Å². The number of carbonyl (C=O) groups excluding carboxylic acids is 1. The summed E-state index contributed by atoms with van der Waals surface area (Å²) in [6.07, 6.45) is 6.34. The topological polar surface area (TPSA) is 136 Å². The van der Waals surface area contributed by atoms with Crippen molar-refractivity contribution in [3.8, 4) is 0 Å². The van der Waals surface area contributed by atoms with Gasteiger partial charge >= 0.3 is 12.0 Å². The third-order valence-corrected chi connectivity index (χ3v) is 2.95. The number of amides is 2. The number of hydrogen-bond acceptors (Lipinski definition) is 4. The molecule has 2 amide bonds. The number of carboxylic acid groups (broad SMARTS) is 1. The number of H-pyrrole nitrogens is 2. The van der Waals surface area contributed by atoms with Crippen molar-refractivity contribution in [2.24, 2.45) is 0 Å². The summed E-state index contributed by atoms with van der Waals surface area (Å²) in [5.74, 6) is -1.12. The lowest BCUT2D eigenvalue weighted by Crippen LogP contribution is -2.47. The second-order valence-corrected chi connectivity index (χ2v) is 4.54. The zero-order chi connectivity index (χ0) is 15.2. The molecule has 2 atom stereocenters. The summed E-state index contributed by atoms with van der Waals surface area (Å²) in [4.78, 5) is 29.6. The number of nitrogens with zero attached hydrogens (tertiary/aromatic N) is 2. The summed E-state index contributed by atoms with van der Waals surface area (Å²) in [6.45, 7) is 1.77. The number of nitrogens with one attached hydrogen (secondary N) is 4. The van der Waals surface area contributed by atoms with Crippen LogP contribution in [0, 0.1) is 0 Å². The Balaban J connectivity index is 1.90. The Morgan fingerprint density at radius 2 is 2.19 bits per heavy atom. The Bertz CT molecular complexity index is 580. The number of hydrogen-bond donors (Lipinski definition) is 5. The molecule has 0 aliphatic rings. The molecule has 2 rings (SSSR count). The van der Waals surface area contributed by atoms with Gasteiger partial charge < -0.3 is 20.7 Å². The van der Waals surface area contributed by atoms with Crippen LogP contribution in [0.15, 0.2) is 24.9 Å². The Hall–Kier alpha value is -2.84. The summed E-state index contributed by atoms with van der Waals surface area (Å²) in [5.41, 5.74) is 1.43. The van der Waals surface area contributed by atoms with Crippen LogP contribution in [-0.4, -0.2) is 43.3 Å². The molecule has 2 aromatic rings. The van der Waals surface area contributed by atoms with Crippen LogP contribution in [0.2, 0.25) is 0 Å². The molecule has 9 heteroatoms. The van der Waals surface area contributed by atoms with Gasteiger partial charge in [0.15, 0.2) is 0 Å². The average molecular weight is 292 g/mol. The van der Waals surface area contributed by atoms with E-state index in [1.54, 1.807) is 19.3 Å². The Morgan fingerprint density at radius 1 is 1.38 bits per heavy atom. The van der Waals surface area contributed by atoms with E-state index in [-0.39, 0.29) is 12.5 Å². The first-order valence-electron chi connectivity index (χ1n) is 6.32. The molecule has 0 spiro atoms. The number of imidazole rings is 1. The minimum atomic E-state index is -1.12. The van der Waals surface area contributed by atoms with Crippen molar-refractivity contribution in [1.29, 1.82) is 0 Å². The fraction of sp³-hybridized carbons (Fsp3) is 0.333. The van der Waals surface area contributed by atoms with Crippen molar-refractivity contribution in [3.05, 3.63) is 36.2 Å². The maximum absolute atomic E-state index is 11.9. The second kappa shape index (κ2) is 6.55. The molecule has 0 fully saturated rings. The Kier molecular flexibility index (Phi) is 4.54. The van der Waals surface area contributed by atoms with E-state index in [0.29, 0.717) is 5.69 Å². The summed E-state index contributed by atoms with van der Waals surface area (Å²) in [5, 5.41) is 20.6. The van der Waals surface area contributed by atoms with Gasteiger partial charge in [-0.15, -0.1) is 0 Å². The SMILES string of the molecule is CC(NC(=O)N[C@@H](Cc1cnc[nH]1)C(=O)O)c1cn[nH]c1. The first-order valence-corrected chi connectivity index (χ1v) is 6.32. The van der Waals surface area contributed by atoms with Crippen molar-refractivity contribution in [2.45, 2.75) is 25.4 Å². The molecular formula is C12H16N6O3. The zero-order valence-corrected chi connectivity index (χ0v) is 11.3. The smallest absolute Gasteiger partial charge is 0.326 e. The third-order valence-electron chi connectivity index (χ3n) is 2.95. The van der Waals surface area contributed by atoms with Gasteiger partial charge in [0.1, 0.15) is 6.04 Å². The highest BCUT2D eigenvalue weighted by atomic mass is 16.4. The highest BCUT2D eigenvalue weighted by molar-refractivity contribution is 5.82. The van der Waals surface area contributed by atoms with E-state index in [2.05, 4.69) is 30.8 Å². The van der Waals surface area contributed by atoms with Crippen molar-refractivity contribution in [1.82, 2.24) is 30.8 Å². The molecule has 0 radical (unpaired) electrons. The molecule has 0 bridgehead atoms. The van der Waals surface area contributed by atoms with Crippen LogP contribution in [0.25, 0.3) is 0 Å². The van der Waals surface area contributed by atoms with Crippen LogP contribution in [0.3, 0.4) is 0 Å². The monoisotopic (exact) mass is 292 g/mol. The fourth-order valence-electron chi connectivity index (χ4n) is 1.79. The zero-order valence-electron chi connectivity index (χ0n) is 11.3. The van der Waals surface area contributed by atoms with Crippen LogP contribution in [0.5, 0.6) is 0 Å². The number of aromatic amines is 2. The lowest BCUT2D eigenvalue weighted by molar-refractivity contribution is -0.139. The minimum absolute atomic E-state index is 0.128. The highest BCUT2D eigenvalue weighted by Gasteiger charge is 2.22. The molecule has 9 nitrogen and oxygen atoms in total. The standard InChI is InChI=1S/C12H16N6O3/c1-7(8-3-15-16-4-8)17-12(21)18-10(11(19)20)2-9-5-13-6-14-9/h3-7,10H,2H2,1H3,(H,13,14)(H,15,16)(H,19,20)(H2,17,18,21)/t7?,10-/m0/s1. The van der Waals surface area contributed by atoms with E-state index in [1.165, 1.54) is 12.5 Å². The number of carbonyl (C=O) groups is 2. The van der Waals surface area contributed by atoms with E-state index in [9.17, 15) is 9.59 Å². The van der Waals surface area contributed by atoms with Gasteiger partial charge in [-0.25, -0.2) is 14.6 Å². The molecule has 2 aromatic heterocycles. The van der Waals surface area contributed by atoms with Crippen LogP contribution in [0.4, 0.5) is 4.79 Å². The van der Waals surface area contributed by atoms with E-state index >= 15 is 0 Å². The summed E-state index contributed by atoms with van der Waals surface area (Å²) >= 11 is 0. The van der Waals surface area contributed by atoms with Gasteiger partial charge in [0, 0.05) is 30.1 Å². The lowest BCUT2D eigenvalue weighted by atomic mass is 10.1. The Morgan fingerprint density at radius 3 is 2.76 bits per heavy atom. The third kappa shape index (κ3) is 4.06. The first-order chi connectivity index (χ1) is 10.1. The van der Waals surface area contributed by atoms with Crippen molar-refractivity contribution >= 4 is 12.0 Å². The largest absolute Gasteiger partial charge is 0.480 e.